The molecular formula is C35H26O2. The average Bonchev–Trinajstić information content (AvgIpc) is 2.98. The Kier molecular flexibility index (Phi) is 7.19. The van der Waals surface area contributed by atoms with Gasteiger partial charge in [-0.05, 0) is 33.4 Å². The Balaban J connectivity index is 1.62. The van der Waals surface area contributed by atoms with E-state index in [0.29, 0.717) is 11.1 Å². The minimum Gasteiger partial charge on any atom is -0.507 e. The third kappa shape index (κ3) is 5.50. The average molecular weight is 479 g/mol. The fourth-order valence-corrected chi connectivity index (χ4v) is 4.43. The fraction of sp³-hybridized carbons (Fsp3) is 0. The number of rotatable bonds is 7. The van der Waals surface area contributed by atoms with E-state index in [9.17, 15) is 9.90 Å². The molecule has 2 heteroatoms. The van der Waals surface area contributed by atoms with Gasteiger partial charge >= 0.3 is 0 Å². The van der Waals surface area contributed by atoms with Crippen LogP contribution in [0, 0.1) is 0 Å². The molecule has 0 aliphatic rings. The molecule has 2 nitrogen and oxygen atoms in total. The molecule has 0 atom stereocenters. The van der Waals surface area contributed by atoms with Crippen LogP contribution in [-0.2, 0) is 0 Å². The second-order valence-corrected chi connectivity index (χ2v) is 8.69. The summed E-state index contributed by atoms with van der Waals surface area (Å²) in [6.07, 6.45) is 1.28. The van der Waals surface area contributed by atoms with Crippen molar-refractivity contribution in [3.8, 4) is 0 Å². The number of aliphatic hydroxyl groups is 1. The van der Waals surface area contributed by atoms with E-state index in [0.717, 1.165) is 33.4 Å². The Morgan fingerprint density at radius 2 is 0.703 bits per heavy atom. The van der Waals surface area contributed by atoms with Crippen LogP contribution in [0.1, 0.15) is 38.2 Å². The van der Waals surface area contributed by atoms with E-state index in [4.69, 9.17) is 0 Å². The zero-order valence-electron chi connectivity index (χ0n) is 20.3. The Morgan fingerprint density at radius 3 is 1.08 bits per heavy atom. The zero-order valence-corrected chi connectivity index (χ0v) is 20.3. The maximum Gasteiger partial charge on any atom is 0.189 e. The van der Waals surface area contributed by atoms with Gasteiger partial charge in [-0.15, -0.1) is 0 Å². The summed E-state index contributed by atoms with van der Waals surface area (Å²) in [7, 11) is 0. The van der Waals surface area contributed by atoms with E-state index in [1.54, 1.807) is 12.1 Å². The van der Waals surface area contributed by atoms with Gasteiger partial charge in [-0.25, -0.2) is 0 Å². The van der Waals surface area contributed by atoms with Gasteiger partial charge in [-0.3, -0.25) is 4.79 Å². The lowest BCUT2D eigenvalue weighted by Crippen LogP contribution is -2.00. The first kappa shape index (κ1) is 23.8. The molecule has 0 amide bonds. The molecule has 5 rings (SSSR count). The third-order valence-corrected chi connectivity index (χ3v) is 6.23. The van der Waals surface area contributed by atoms with Crippen LogP contribution < -0.4 is 0 Å². The van der Waals surface area contributed by atoms with Crippen molar-refractivity contribution in [1.29, 1.82) is 0 Å². The third-order valence-electron chi connectivity index (χ3n) is 6.23. The summed E-state index contributed by atoms with van der Waals surface area (Å²) in [5, 5.41) is 10.4. The predicted octanol–water partition coefficient (Wildman–Crippen LogP) is 8.48. The largest absolute Gasteiger partial charge is 0.507 e. The second kappa shape index (κ2) is 11.2. The van der Waals surface area contributed by atoms with Crippen LogP contribution in [-0.4, -0.2) is 10.9 Å². The van der Waals surface area contributed by atoms with Crippen molar-refractivity contribution >= 4 is 22.7 Å². The van der Waals surface area contributed by atoms with Crippen molar-refractivity contribution in [2.45, 2.75) is 0 Å². The minimum absolute atomic E-state index is 0.0463. The first-order valence-electron chi connectivity index (χ1n) is 12.2. The Labute approximate surface area is 217 Å². The molecule has 37 heavy (non-hydrogen) atoms. The minimum atomic E-state index is -0.246. The molecule has 0 unspecified atom stereocenters. The summed E-state index contributed by atoms with van der Waals surface area (Å²) in [4.78, 5) is 12.9. The molecule has 178 valence electrons. The van der Waals surface area contributed by atoms with Crippen LogP contribution in [0.4, 0.5) is 0 Å². The number of hydrogen-bond donors (Lipinski definition) is 1. The fourth-order valence-electron chi connectivity index (χ4n) is 4.43. The molecule has 0 bridgehead atoms. The number of carbonyl (C=O) groups excluding carboxylic acids is 1. The zero-order chi connectivity index (χ0) is 25.5. The summed E-state index contributed by atoms with van der Waals surface area (Å²) >= 11 is 0. The molecule has 0 saturated heterocycles. The molecule has 0 saturated carbocycles. The van der Waals surface area contributed by atoms with Crippen molar-refractivity contribution in [2.75, 3.05) is 0 Å². The molecule has 5 aromatic rings. The predicted molar refractivity (Wildman–Crippen MR) is 152 cm³/mol. The van der Waals surface area contributed by atoms with Gasteiger partial charge in [0.05, 0.1) is 0 Å². The number of benzene rings is 5. The molecule has 0 spiro atoms. The van der Waals surface area contributed by atoms with Crippen molar-refractivity contribution in [3.05, 3.63) is 185 Å². The van der Waals surface area contributed by atoms with Crippen LogP contribution in [0.3, 0.4) is 0 Å². The number of ketones is 1. The highest BCUT2D eigenvalue weighted by Gasteiger charge is 2.16. The van der Waals surface area contributed by atoms with Gasteiger partial charge in [0.1, 0.15) is 5.76 Å². The smallest absolute Gasteiger partial charge is 0.189 e. The molecule has 0 aromatic heterocycles. The van der Waals surface area contributed by atoms with E-state index in [2.05, 4.69) is 36.4 Å². The Morgan fingerprint density at radius 1 is 0.405 bits per heavy atom. The lowest BCUT2D eigenvalue weighted by molar-refractivity contribution is 0.104. The van der Waals surface area contributed by atoms with Crippen molar-refractivity contribution in [1.82, 2.24) is 0 Å². The number of allylic oxidation sites excluding steroid dienone is 1. The lowest BCUT2D eigenvalue weighted by atomic mass is 9.85. The molecule has 0 aliphatic heterocycles. The summed E-state index contributed by atoms with van der Waals surface area (Å²) in [6.45, 7) is 0. The Bertz CT molecular complexity index is 1490. The molecule has 0 heterocycles. The summed E-state index contributed by atoms with van der Waals surface area (Å²) < 4.78 is 0. The van der Waals surface area contributed by atoms with Gasteiger partial charge in [0.15, 0.2) is 5.78 Å². The molecule has 5 aromatic carbocycles. The highest BCUT2D eigenvalue weighted by molar-refractivity contribution is 6.09. The lowest BCUT2D eigenvalue weighted by Gasteiger charge is -2.18. The number of aliphatic hydroxyl groups excluding tert-OH is 1. The van der Waals surface area contributed by atoms with E-state index < -0.39 is 0 Å². The molecule has 0 radical (unpaired) electrons. The summed E-state index contributed by atoms with van der Waals surface area (Å²) in [6, 6.07) is 47.7. The van der Waals surface area contributed by atoms with Crippen LogP contribution in [0.2, 0.25) is 0 Å². The van der Waals surface area contributed by atoms with Gasteiger partial charge in [-0.1, -0.05) is 146 Å². The van der Waals surface area contributed by atoms with E-state index in [1.165, 1.54) is 6.08 Å². The standard InChI is InChI=1S/C35H26O2/c36-32(26-13-5-1-6-14-26)25-33(37)27-21-23-31(24-22-27)35(30-19-11-4-12-20-30)34(28-15-7-2-8-16-28)29-17-9-3-10-18-29/h1-25,36H/b32-25-. The van der Waals surface area contributed by atoms with Gasteiger partial charge < -0.3 is 5.11 Å². The number of carbonyl (C=O) groups is 1. The highest BCUT2D eigenvalue weighted by atomic mass is 16.3. The van der Waals surface area contributed by atoms with Crippen molar-refractivity contribution in [2.24, 2.45) is 0 Å². The molecule has 1 N–H and O–H groups in total. The van der Waals surface area contributed by atoms with E-state index >= 15 is 0 Å². The topological polar surface area (TPSA) is 37.3 Å². The second-order valence-electron chi connectivity index (χ2n) is 8.69. The first-order valence-corrected chi connectivity index (χ1v) is 12.2. The molecule has 0 aliphatic carbocycles. The molecular weight excluding hydrogens is 452 g/mol. The van der Waals surface area contributed by atoms with Crippen LogP contribution >= 0.6 is 0 Å². The summed E-state index contributed by atoms with van der Waals surface area (Å²) in [5.41, 5.74) is 7.64. The normalized spacial score (nSPS) is 11.1. The monoisotopic (exact) mass is 478 g/mol. The van der Waals surface area contributed by atoms with E-state index in [1.807, 2.05) is 97.1 Å². The molecule has 0 fully saturated rings. The summed E-state index contributed by atoms with van der Waals surface area (Å²) in [5.74, 6) is -0.292. The van der Waals surface area contributed by atoms with E-state index in [-0.39, 0.29) is 11.5 Å². The quantitative estimate of drug-likeness (QED) is 0.110. The maximum absolute atomic E-state index is 12.9. The van der Waals surface area contributed by atoms with Crippen molar-refractivity contribution in [3.63, 3.8) is 0 Å². The Hall–Kier alpha value is -4.95. The van der Waals surface area contributed by atoms with Gasteiger partial charge in [0, 0.05) is 17.2 Å². The van der Waals surface area contributed by atoms with Gasteiger partial charge in [0.25, 0.3) is 0 Å². The highest BCUT2D eigenvalue weighted by Crippen LogP contribution is 2.36. The van der Waals surface area contributed by atoms with Crippen molar-refractivity contribution < 1.29 is 9.90 Å². The first-order chi connectivity index (χ1) is 18.2. The number of hydrogen-bond acceptors (Lipinski definition) is 2. The van der Waals surface area contributed by atoms with Gasteiger partial charge in [0.2, 0.25) is 0 Å². The van der Waals surface area contributed by atoms with Crippen LogP contribution in [0.5, 0.6) is 0 Å². The van der Waals surface area contributed by atoms with Crippen LogP contribution in [0.15, 0.2) is 152 Å². The maximum atomic E-state index is 12.9. The van der Waals surface area contributed by atoms with Gasteiger partial charge in [-0.2, -0.15) is 0 Å². The SMILES string of the molecule is O=C(/C=C(\O)c1ccccc1)c1ccc(C(=C(c2ccccc2)c2ccccc2)c2ccccc2)cc1. The van der Waals surface area contributed by atoms with Crippen LogP contribution in [0.25, 0.3) is 16.9 Å².